The summed E-state index contributed by atoms with van der Waals surface area (Å²) in [6.45, 7) is 2.93. The van der Waals surface area contributed by atoms with Crippen molar-refractivity contribution in [3.05, 3.63) is 27.1 Å². The molecule has 1 aromatic rings. The van der Waals surface area contributed by atoms with Gasteiger partial charge in [-0.15, -0.1) is 0 Å². The maximum Gasteiger partial charge on any atom is 0.244 e. The Labute approximate surface area is 130 Å². The monoisotopic (exact) mass is 410 g/mol. The van der Waals surface area contributed by atoms with Gasteiger partial charge in [-0.25, -0.2) is 8.42 Å². The lowest BCUT2D eigenvalue weighted by Gasteiger charge is -2.34. The van der Waals surface area contributed by atoms with E-state index in [-0.39, 0.29) is 16.9 Å². The first-order chi connectivity index (χ1) is 8.80. The van der Waals surface area contributed by atoms with Crippen LogP contribution in [0.2, 0.25) is 0 Å². The van der Waals surface area contributed by atoms with Crippen LogP contribution in [0.4, 0.5) is 0 Å². The summed E-state index contributed by atoms with van der Waals surface area (Å²) in [5.74, 6) is 0.282. The lowest BCUT2D eigenvalue weighted by molar-refractivity contribution is 0.254. The fourth-order valence-corrected chi connectivity index (χ4v) is 5.44. The predicted molar refractivity (Wildman–Crippen MR) is 82.4 cm³/mol. The zero-order valence-electron chi connectivity index (χ0n) is 10.5. The van der Waals surface area contributed by atoms with Crippen LogP contribution in [0.15, 0.2) is 32.0 Å². The van der Waals surface area contributed by atoms with Crippen LogP contribution in [0.25, 0.3) is 0 Å². The first kappa shape index (κ1) is 15.4. The molecular formula is C12H16Br2N2O2S. The second-order valence-electron chi connectivity index (χ2n) is 5.00. The normalized spacial score (nSPS) is 25.5. The van der Waals surface area contributed by atoms with Crippen LogP contribution in [0.1, 0.15) is 13.3 Å². The van der Waals surface area contributed by atoms with Crippen LogP contribution >= 0.6 is 31.9 Å². The van der Waals surface area contributed by atoms with E-state index in [1.807, 2.05) is 6.92 Å². The van der Waals surface area contributed by atoms with Crippen LogP contribution < -0.4 is 5.73 Å². The van der Waals surface area contributed by atoms with Crippen LogP contribution in [0, 0.1) is 5.92 Å². The summed E-state index contributed by atoms with van der Waals surface area (Å²) in [5, 5.41) is 0. The molecule has 4 nitrogen and oxygen atoms in total. The molecule has 0 radical (unpaired) electrons. The molecule has 1 fully saturated rings. The molecular weight excluding hydrogens is 396 g/mol. The standard InChI is InChI=1S/C12H16Br2N2O2S/c1-8-4-10(15)7-16(6-8)19(17,18)12-5-9(13)2-3-11(12)14/h2-3,5,8,10H,4,6-7,15H2,1H3. The van der Waals surface area contributed by atoms with Gasteiger partial charge in [0.15, 0.2) is 0 Å². The molecule has 19 heavy (non-hydrogen) atoms. The molecule has 0 bridgehead atoms. The molecule has 1 saturated heterocycles. The minimum atomic E-state index is -3.50. The van der Waals surface area contributed by atoms with Gasteiger partial charge in [0, 0.05) is 28.1 Å². The Balaban J connectivity index is 2.39. The van der Waals surface area contributed by atoms with Crippen molar-refractivity contribution in [1.29, 1.82) is 0 Å². The van der Waals surface area contributed by atoms with E-state index in [1.165, 1.54) is 4.31 Å². The number of piperidine rings is 1. The van der Waals surface area contributed by atoms with Gasteiger partial charge in [-0.05, 0) is 46.5 Å². The van der Waals surface area contributed by atoms with E-state index < -0.39 is 10.0 Å². The summed E-state index contributed by atoms with van der Waals surface area (Å²) < 4.78 is 28.1. The minimum absolute atomic E-state index is 0.0931. The third-order valence-electron chi connectivity index (χ3n) is 3.17. The van der Waals surface area contributed by atoms with Crippen LogP contribution in [-0.4, -0.2) is 31.9 Å². The van der Waals surface area contributed by atoms with Gasteiger partial charge < -0.3 is 5.73 Å². The number of hydrogen-bond donors (Lipinski definition) is 1. The zero-order chi connectivity index (χ0) is 14.2. The van der Waals surface area contributed by atoms with E-state index in [9.17, 15) is 8.42 Å². The lowest BCUT2D eigenvalue weighted by atomic mass is 9.99. The van der Waals surface area contributed by atoms with Crippen molar-refractivity contribution in [2.24, 2.45) is 11.7 Å². The first-order valence-electron chi connectivity index (χ1n) is 6.01. The molecule has 1 aliphatic rings. The summed E-state index contributed by atoms with van der Waals surface area (Å²) >= 11 is 6.61. The van der Waals surface area contributed by atoms with Crippen molar-refractivity contribution in [1.82, 2.24) is 4.31 Å². The third kappa shape index (κ3) is 3.39. The molecule has 0 aromatic heterocycles. The summed E-state index contributed by atoms with van der Waals surface area (Å²) in [7, 11) is -3.50. The van der Waals surface area contributed by atoms with Crippen molar-refractivity contribution in [3.63, 3.8) is 0 Å². The molecule has 2 unspecified atom stereocenters. The zero-order valence-corrected chi connectivity index (χ0v) is 14.5. The summed E-state index contributed by atoms with van der Waals surface area (Å²) in [6.07, 6.45) is 0.867. The Bertz CT molecular complexity index is 567. The minimum Gasteiger partial charge on any atom is -0.326 e. The maximum absolute atomic E-state index is 12.7. The van der Waals surface area contributed by atoms with Crippen molar-refractivity contribution >= 4 is 41.9 Å². The van der Waals surface area contributed by atoms with Crippen molar-refractivity contribution in [3.8, 4) is 0 Å². The first-order valence-corrected chi connectivity index (χ1v) is 9.04. The second-order valence-corrected chi connectivity index (χ2v) is 8.67. The van der Waals surface area contributed by atoms with E-state index in [1.54, 1.807) is 18.2 Å². The maximum atomic E-state index is 12.7. The average molecular weight is 412 g/mol. The summed E-state index contributed by atoms with van der Waals surface area (Å²) in [5.41, 5.74) is 5.93. The molecule has 2 rings (SSSR count). The smallest absolute Gasteiger partial charge is 0.244 e. The lowest BCUT2D eigenvalue weighted by Crippen LogP contribution is -2.48. The van der Waals surface area contributed by atoms with E-state index in [0.717, 1.165) is 10.9 Å². The second kappa shape index (κ2) is 5.81. The van der Waals surface area contributed by atoms with Crippen molar-refractivity contribution < 1.29 is 8.42 Å². The molecule has 0 spiro atoms. The molecule has 7 heteroatoms. The van der Waals surface area contributed by atoms with Crippen LogP contribution in [0.5, 0.6) is 0 Å². The Hall–Kier alpha value is 0.0500. The van der Waals surface area contributed by atoms with Gasteiger partial charge in [0.2, 0.25) is 10.0 Å². The SMILES string of the molecule is CC1CC(N)CN(S(=O)(=O)c2cc(Br)ccc2Br)C1. The molecule has 106 valence electrons. The quantitative estimate of drug-likeness (QED) is 0.813. The molecule has 1 heterocycles. The Kier molecular flexibility index (Phi) is 4.72. The van der Waals surface area contributed by atoms with E-state index in [2.05, 4.69) is 31.9 Å². The molecule has 2 N–H and O–H groups in total. The van der Waals surface area contributed by atoms with Crippen molar-refractivity contribution in [2.75, 3.05) is 13.1 Å². The highest BCUT2D eigenvalue weighted by atomic mass is 79.9. The Morgan fingerprint density at radius 2 is 2.00 bits per heavy atom. The van der Waals surface area contributed by atoms with Gasteiger partial charge in [-0.2, -0.15) is 4.31 Å². The highest BCUT2D eigenvalue weighted by Gasteiger charge is 2.33. The fraction of sp³-hybridized carbons (Fsp3) is 0.500. The number of halogens is 2. The Morgan fingerprint density at radius 1 is 1.32 bits per heavy atom. The van der Waals surface area contributed by atoms with Gasteiger partial charge in [0.1, 0.15) is 0 Å². The topological polar surface area (TPSA) is 63.4 Å². The summed E-state index contributed by atoms with van der Waals surface area (Å²) in [4.78, 5) is 0.281. The molecule has 0 amide bonds. The van der Waals surface area contributed by atoms with E-state index in [0.29, 0.717) is 17.6 Å². The molecule has 1 aromatic carbocycles. The molecule has 1 aliphatic heterocycles. The highest BCUT2D eigenvalue weighted by molar-refractivity contribution is 9.11. The number of hydrogen-bond acceptors (Lipinski definition) is 3. The number of nitrogens with two attached hydrogens (primary N) is 1. The number of nitrogens with zero attached hydrogens (tertiary/aromatic N) is 1. The highest BCUT2D eigenvalue weighted by Crippen LogP contribution is 2.30. The fourth-order valence-electron chi connectivity index (χ4n) is 2.36. The molecule has 0 aliphatic carbocycles. The number of rotatable bonds is 2. The molecule has 0 saturated carbocycles. The van der Waals surface area contributed by atoms with Gasteiger partial charge in [-0.1, -0.05) is 22.9 Å². The van der Waals surface area contributed by atoms with Crippen molar-refractivity contribution in [2.45, 2.75) is 24.3 Å². The summed E-state index contributed by atoms with van der Waals surface area (Å²) in [6, 6.07) is 5.05. The third-order valence-corrected chi connectivity index (χ3v) is 6.49. The number of sulfonamides is 1. The number of benzene rings is 1. The van der Waals surface area contributed by atoms with E-state index in [4.69, 9.17) is 5.73 Å². The Morgan fingerprint density at radius 3 is 2.63 bits per heavy atom. The largest absolute Gasteiger partial charge is 0.326 e. The predicted octanol–water partition coefficient (Wildman–Crippen LogP) is 2.57. The van der Waals surface area contributed by atoms with Gasteiger partial charge >= 0.3 is 0 Å². The van der Waals surface area contributed by atoms with Gasteiger partial charge in [0.25, 0.3) is 0 Å². The van der Waals surface area contributed by atoms with Crippen LogP contribution in [0.3, 0.4) is 0 Å². The van der Waals surface area contributed by atoms with E-state index >= 15 is 0 Å². The van der Waals surface area contributed by atoms with Crippen LogP contribution in [-0.2, 0) is 10.0 Å². The van der Waals surface area contributed by atoms with Gasteiger partial charge in [-0.3, -0.25) is 0 Å². The van der Waals surface area contributed by atoms with Gasteiger partial charge in [0.05, 0.1) is 4.90 Å². The molecule has 2 atom stereocenters. The average Bonchev–Trinajstić information content (AvgIpc) is 2.31.